The molecule has 0 saturated heterocycles. The van der Waals surface area contributed by atoms with Crippen LogP contribution in [0.5, 0.6) is 0 Å². The second-order valence-corrected chi connectivity index (χ2v) is 8.25. The first-order chi connectivity index (χ1) is 16.4. The SMILES string of the molecule is CN(c1cc(F)cc(C#CC2(C(F)(F)F)CC2)c1)c1nc2nncn2c2cc(C(F)(F)F)ccc12. The van der Waals surface area contributed by atoms with E-state index in [1.807, 2.05) is 0 Å². The molecule has 0 N–H and O–H groups in total. The molecule has 180 valence electrons. The monoisotopic (exact) mass is 493 g/mol. The molecule has 0 unspecified atom stereocenters. The Morgan fingerprint density at radius 2 is 1.77 bits per heavy atom. The Labute approximate surface area is 193 Å². The molecule has 2 heterocycles. The summed E-state index contributed by atoms with van der Waals surface area (Å²) in [7, 11) is 1.50. The minimum absolute atomic E-state index is 0.0101. The Kier molecular flexibility index (Phi) is 4.94. The predicted octanol–water partition coefficient (Wildman–Crippen LogP) is 5.90. The van der Waals surface area contributed by atoms with Crippen LogP contribution in [-0.4, -0.2) is 32.8 Å². The summed E-state index contributed by atoms with van der Waals surface area (Å²) in [5.41, 5.74) is -2.63. The molecule has 0 bridgehead atoms. The first-order valence-electron chi connectivity index (χ1n) is 10.2. The molecule has 5 rings (SSSR count). The van der Waals surface area contributed by atoms with Crippen LogP contribution in [0.1, 0.15) is 24.0 Å². The highest BCUT2D eigenvalue weighted by Crippen LogP contribution is 2.57. The highest BCUT2D eigenvalue weighted by Gasteiger charge is 2.62. The molecular formula is C23H14F7N5. The number of benzene rings is 2. The zero-order valence-corrected chi connectivity index (χ0v) is 17.8. The van der Waals surface area contributed by atoms with Gasteiger partial charge in [0.05, 0.1) is 11.1 Å². The van der Waals surface area contributed by atoms with E-state index in [1.165, 1.54) is 34.8 Å². The average Bonchev–Trinajstić information content (AvgIpc) is 3.45. The molecule has 2 aromatic heterocycles. The lowest BCUT2D eigenvalue weighted by Crippen LogP contribution is -2.22. The van der Waals surface area contributed by atoms with E-state index in [1.54, 1.807) is 0 Å². The number of halogens is 7. The van der Waals surface area contributed by atoms with Gasteiger partial charge in [0, 0.05) is 23.7 Å². The summed E-state index contributed by atoms with van der Waals surface area (Å²) in [6, 6.07) is 6.57. The molecule has 0 atom stereocenters. The minimum atomic E-state index is -4.59. The Morgan fingerprint density at radius 1 is 1.03 bits per heavy atom. The second kappa shape index (κ2) is 7.56. The van der Waals surface area contributed by atoms with Gasteiger partial charge >= 0.3 is 12.4 Å². The molecule has 0 aliphatic heterocycles. The summed E-state index contributed by atoms with van der Waals surface area (Å²) >= 11 is 0. The smallest absolute Gasteiger partial charge is 0.329 e. The lowest BCUT2D eigenvalue weighted by Gasteiger charge is -2.21. The molecule has 12 heteroatoms. The van der Waals surface area contributed by atoms with Crippen molar-refractivity contribution < 1.29 is 30.7 Å². The summed E-state index contributed by atoms with van der Waals surface area (Å²) < 4.78 is 95.1. The van der Waals surface area contributed by atoms with Crippen LogP contribution in [0.15, 0.2) is 42.7 Å². The van der Waals surface area contributed by atoms with Gasteiger partial charge in [-0.3, -0.25) is 4.40 Å². The number of rotatable bonds is 2. The van der Waals surface area contributed by atoms with Crippen molar-refractivity contribution in [2.45, 2.75) is 25.2 Å². The number of alkyl halides is 6. The third kappa shape index (κ3) is 4.00. The minimum Gasteiger partial charge on any atom is -0.329 e. The van der Waals surface area contributed by atoms with E-state index >= 15 is 0 Å². The first-order valence-corrected chi connectivity index (χ1v) is 10.2. The van der Waals surface area contributed by atoms with Gasteiger partial charge in [0.15, 0.2) is 0 Å². The van der Waals surface area contributed by atoms with Gasteiger partial charge in [0.1, 0.15) is 23.4 Å². The molecule has 0 amide bonds. The fourth-order valence-corrected chi connectivity index (χ4v) is 3.74. The van der Waals surface area contributed by atoms with Crippen molar-refractivity contribution in [2.75, 3.05) is 11.9 Å². The maximum atomic E-state index is 14.4. The number of hydrogen-bond acceptors (Lipinski definition) is 4. The Bertz CT molecular complexity index is 1520. The van der Waals surface area contributed by atoms with Crippen molar-refractivity contribution in [3.8, 4) is 11.8 Å². The lowest BCUT2D eigenvalue weighted by molar-refractivity contribution is -0.168. The molecule has 4 aromatic rings. The van der Waals surface area contributed by atoms with Gasteiger partial charge in [-0.15, -0.1) is 10.2 Å². The number of hydrogen-bond donors (Lipinski definition) is 0. The zero-order valence-electron chi connectivity index (χ0n) is 17.8. The number of anilines is 2. The summed E-state index contributed by atoms with van der Waals surface area (Å²) in [4.78, 5) is 5.74. The highest BCUT2D eigenvalue weighted by atomic mass is 19.4. The van der Waals surface area contributed by atoms with Crippen molar-refractivity contribution in [2.24, 2.45) is 5.41 Å². The van der Waals surface area contributed by atoms with Crippen LogP contribution in [0.2, 0.25) is 0 Å². The second-order valence-electron chi connectivity index (χ2n) is 8.25. The quantitative estimate of drug-likeness (QED) is 0.258. The van der Waals surface area contributed by atoms with Crippen molar-refractivity contribution in [1.82, 2.24) is 19.6 Å². The normalized spacial score (nSPS) is 15.2. The average molecular weight is 493 g/mol. The third-order valence-corrected chi connectivity index (χ3v) is 5.89. The third-order valence-electron chi connectivity index (χ3n) is 5.89. The van der Waals surface area contributed by atoms with Gasteiger partial charge in [-0.25, -0.2) is 4.39 Å². The van der Waals surface area contributed by atoms with Crippen molar-refractivity contribution in [3.63, 3.8) is 0 Å². The van der Waals surface area contributed by atoms with Gasteiger partial charge in [-0.05, 0) is 49.2 Å². The van der Waals surface area contributed by atoms with Gasteiger partial charge in [-0.1, -0.05) is 11.8 Å². The number of nitrogens with zero attached hydrogens (tertiary/aromatic N) is 5. The summed E-state index contributed by atoms with van der Waals surface area (Å²) in [6.07, 6.45) is -8.06. The van der Waals surface area contributed by atoms with Crippen LogP contribution in [0.3, 0.4) is 0 Å². The molecule has 5 nitrogen and oxygen atoms in total. The van der Waals surface area contributed by atoms with Crippen LogP contribution < -0.4 is 4.90 Å². The molecule has 1 fully saturated rings. The molecule has 1 aliphatic carbocycles. The molecule has 2 aromatic carbocycles. The molecule has 1 saturated carbocycles. The van der Waals surface area contributed by atoms with E-state index in [2.05, 4.69) is 27.0 Å². The molecular weight excluding hydrogens is 479 g/mol. The van der Waals surface area contributed by atoms with E-state index in [0.717, 1.165) is 24.3 Å². The van der Waals surface area contributed by atoms with Gasteiger partial charge in [-0.2, -0.15) is 31.3 Å². The number of fused-ring (bicyclic) bond motifs is 3. The van der Waals surface area contributed by atoms with Crippen molar-refractivity contribution in [3.05, 3.63) is 59.7 Å². The van der Waals surface area contributed by atoms with Crippen LogP contribution in [0.25, 0.3) is 16.7 Å². The van der Waals surface area contributed by atoms with Crippen LogP contribution in [-0.2, 0) is 6.18 Å². The van der Waals surface area contributed by atoms with Crippen LogP contribution >= 0.6 is 0 Å². The van der Waals surface area contributed by atoms with Gasteiger partial charge in [0.2, 0.25) is 0 Å². The van der Waals surface area contributed by atoms with E-state index in [4.69, 9.17) is 0 Å². The summed E-state index contributed by atoms with van der Waals surface area (Å²) in [6.45, 7) is 0. The fraction of sp³-hybridized carbons (Fsp3) is 0.261. The van der Waals surface area contributed by atoms with E-state index in [-0.39, 0.29) is 41.2 Å². The highest BCUT2D eigenvalue weighted by molar-refractivity contribution is 5.93. The van der Waals surface area contributed by atoms with E-state index in [9.17, 15) is 30.7 Å². The topological polar surface area (TPSA) is 46.3 Å². The van der Waals surface area contributed by atoms with Gasteiger partial charge in [0.25, 0.3) is 5.78 Å². The van der Waals surface area contributed by atoms with E-state index in [0.29, 0.717) is 5.39 Å². The Morgan fingerprint density at radius 3 is 2.43 bits per heavy atom. The molecule has 0 radical (unpaired) electrons. The Balaban J connectivity index is 1.61. The Hall–Kier alpha value is -3.88. The maximum Gasteiger partial charge on any atom is 0.416 e. The molecule has 0 spiro atoms. The summed E-state index contributed by atoms with van der Waals surface area (Å²) in [5.74, 6) is 4.05. The largest absolute Gasteiger partial charge is 0.416 e. The first kappa shape index (κ1) is 22.9. The van der Waals surface area contributed by atoms with Crippen LogP contribution in [0.4, 0.5) is 42.2 Å². The standard InChI is InChI=1S/C23H14F7N5/c1-34(16-9-13(8-15(24)11-16)4-5-21(6-7-21)23(28,29)30)19-17-3-2-14(22(25,26)27)10-18(17)35-12-31-33-20(35)32-19/h2-3,8-12H,6-7H2,1H3. The zero-order chi connectivity index (χ0) is 25.2. The van der Waals surface area contributed by atoms with E-state index < -0.39 is 29.1 Å². The summed E-state index contributed by atoms with van der Waals surface area (Å²) in [5, 5.41) is 7.80. The predicted molar refractivity (Wildman–Crippen MR) is 112 cm³/mol. The number of aromatic nitrogens is 4. The molecule has 35 heavy (non-hydrogen) atoms. The molecule has 1 aliphatic rings. The van der Waals surface area contributed by atoms with Crippen molar-refractivity contribution in [1.29, 1.82) is 0 Å². The fourth-order valence-electron chi connectivity index (χ4n) is 3.74. The maximum absolute atomic E-state index is 14.4. The van der Waals surface area contributed by atoms with Crippen LogP contribution in [0, 0.1) is 23.1 Å². The van der Waals surface area contributed by atoms with Gasteiger partial charge < -0.3 is 4.90 Å². The lowest BCUT2D eigenvalue weighted by atomic mass is 10.1. The van der Waals surface area contributed by atoms with Crippen molar-refractivity contribution >= 4 is 28.2 Å².